The van der Waals surface area contributed by atoms with Gasteiger partial charge in [0.1, 0.15) is 17.4 Å². The van der Waals surface area contributed by atoms with Gasteiger partial charge in [0.05, 0.1) is 27.4 Å². The van der Waals surface area contributed by atoms with Crippen LogP contribution in [0, 0.1) is 12.7 Å². The highest BCUT2D eigenvalue weighted by atomic mass is 35.5. The number of carbonyl (C=O) groups excluding carboxylic acids is 1. The molecule has 5 rings (SSSR count). The summed E-state index contributed by atoms with van der Waals surface area (Å²) in [5.74, 6) is -0.803. The maximum atomic E-state index is 15.0. The highest BCUT2D eigenvalue weighted by Crippen LogP contribution is 2.39. The molecule has 0 saturated carbocycles. The summed E-state index contributed by atoms with van der Waals surface area (Å²) in [6, 6.07) is 11.2. The molecule has 2 aromatic heterocycles. The predicted molar refractivity (Wildman–Crippen MR) is 155 cm³/mol. The van der Waals surface area contributed by atoms with Crippen LogP contribution in [-0.2, 0) is 11.2 Å². The van der Waals surface area contributed by atoms with Gasteiger partial charge in [-0.25, -0.2) is 18.7 Å². The lowest BCUT2D eigenvalue weighted by Gasteiger charge is -2.40. The summed E-state index contributed by atoms with van der Waals surface area (Å²) >= 11 is 6.70. The number of hydrogen-bond acceptors (Lipinski definition) is 6. The van der Waals surface area contributed by atoms with Crippen molar-refractivity contribution in [2.75, 3.05) is 24.5 Å². The lowest BCUT2D eigenvalue weighted by atomic mass is 10.0. The van der Waals surface area contributed by atoms with Gasteiger partial charge in [-0.05, 0) is 55.7 Å². The SMILES string of the molecule is C=CC(=O)N1CCN(c2nc(=O)n(-c3c(C)cccc3CC)c3nc(-c4c(O)cccc4F)c(Cl)cc23)[C@@H](C)C1. The summed E-state index contributed by atoms with van der Waals surface area (Å²) in [6.45, 7) is 10.7. The van der Waals surface area contributed by atoms with Crippen LogP contribution in [0.1, 0.15) is 25.0 Å². The molecule has 3 heterocycles. The molecule has 0 aliphatic carbocycles. The Hall–Kier alpha value is -4.24. The third-order valence-corrected chi connectivity index (χ3v) is 7.63. The van der Waals surface area contributed by atoms with Gasteiger partial charge in [0, 0.05) is 25.7 Å². The third-order valence-electron chi connectivity index (χ3n) is 7.34. The molecule has 1 fully saturated rings. The first-order valence-electron chi connectivity index (χ1n) is 13.0. The van der Waals surface area contributed by atoms with E-state index in [2.05, 4.69) is 11.6 Å². The minimum absolute atomic E-state index is 0.0103. The highest BCUT2D eigenvalue weighted by Gasteiger charge is 2.30. The van der Waals surface area contributed by atoms with Crippen molar-refractivity contribution in [1.82, 2.24) is 19.4 Å². The van der Waals surface area contributed by atoms with Crippen molar-refractivity contribution in [2.24, 2.45) is 0 Å². The number of anilines is 1. The van der Waals surface area contributed by atoms with Gasteiger partial charge in [-0.2, -0.15) is 4.98 Å². The normalized spacial score (nSPS) is 15.5. The molecule has 0 bridgehead atoms. The Kier molecular flexibility index (Phi) is 7.33. The van der Waals surface area contributed by atoms with Crippen LogP contribution in [0.15, 0.2) is 59.9 Å². The van der Waals surface area contributed by atoms with Gasteiger partial charge in [0.25, 0.3) is 0 Å². The van der Waals surface area contributed by atoms with Gasteiger partial charge >= 0.3 is 5.69 Å². The summed E-state index contributed by atoms with van der Waals surface area (Å²) in [4.78, 5) is 39.0. The number of phenols is 1. The Morgan fingerprint density at radius 2 is 1.98 bits per heavy atom. The van der Waals surface area contributed by atoms with E-state index in [1.54, 1.807) is 11.0 Å². The van der Waals surface area contributed by atoms with E-state index >= 15 is 0 Å². The smallest absolute Gasteiger partial charge is 0.355 e. The molecule has 1 aliphatic rings. The molecule has 0 unspecified atom stereocenters. The fourth-order valence-electron chi connectivity index (χ4n) is 5.38. The van der Waals surface area contributed by atoms with Gasteiger partial charge in [-0.15, -0.1) is 0 Å². The molecule has 8 nitrogen and oxygen atoms in total. The molecule has 206 valence electrons. The van der Waals surface area contributed by atoms with Gasteiger partial charge in [-0.3, -0.25) is 4.79 Å². The number of hydrogen-bond donors (Lipinski definition) is 1. The molecule has 0 radical (unpaired) electrons. The van der Waals surface area contributed by atoms with Crippen molar-refractivity contribution in [3.05, 3.63) is 87.6 Å². The summed E-state index contributed by atoms with van der Waals surface area (Å²) in [5.41, 5.74) is 1.93. The molecule has 0 spiro atoms. The third kappa shape index (κ3) is 4.60. The fourth-order valence-corrected chi connectivity index (χ4v) is 5.62. The predicted octanol–water partition coefficient (Wildman–Crippen LogP) is 5.04. The first-order valence-corrected chi connectivity index (χ1v) is 13.4. The number of aryl methyl sites for hydroxylation is 2. The first-order chi connectivity index (χ1) is 19.2. The molecule has 1 atom stereocenters. The number of pyridine rings is 1. The van der Waals surface area contributed by atoms with Crippen LogP contribution in [0.2, 0.25) is 5.02 Å². The fraction of sp³-hybridized carbons (Fsp3) is 0.267. The van der Waals surface area contributed by atoms with Crippen molar-refractivity contribution >= 4 is 34.4 Å². The number of piperazine rings is 1. The van der Waals surface area contributed by atoms with Crippen molar-refractivity contribution in [2.45, 2.75) is 33.2 Å². The number of aromatic nitrogens is 3. The van der Waals surface area contributed by atoms with Crippen LogP contribution in [0.5, 0.6) is 5.75 Å². The maximum absolute atomic E-state index is 15.0. The van der Waals surface area contributed by atoms with E-state index in [0.717, 1.165) is 11.1 Å². The number of amides is 1. The summed E-state index contributed by atoms with van der Waals surface area (Å²) in [5, 5.41) is 11.1. The second-order valence-corrected chi connectivity index (χ2v) is 10.3. The molecule has 1 amide bonds. The largest absolute Gasteiger partial charge is 0.507 e. The average molecular weight is 562 g/mol. The molecular formula is C30H29ClFN5O3. The molecule has 10 heteroatoms. The second kappa shape index (κ2) is 10.7. The van der Waals surface area contributed by atoms with Crippen LogP contribution in [0.4, 0.5) is 10.2 Å². The Bertz CT molecular complexity index is 1700. The lowest BCUT2D eigenvalue weighted by molar-refractivity contribution is -0.126. The zero-order valence-electron chi connectivity index (χ0n) is 22.5. The quantitative estimate of drug-likeness (QED) is 0.343. The van der Waals surface area contributed by atoms with E-state index in [4.69, 9.17) is 16.6 Å². The number of para-hydroxylation sites is 1. The number of halogens is 2. The maximum Gasteiger partial charge on any atom is 0.355 e. The van der Waals surface area contributed by atoms with Crippen LogP contribution in [0.3, 0.4) is 0 Å². The topological polar surface area (TPSA) is 91.6 Å². The molecule has 4 aromatic rings. The number of nitrogens with zero attached hydrogens (tertiary/aromatic N) is 5. The van der Waals surface area contributed by atoms with E-state index in [-0.39, 0.29) is 39.6 Å². The van der Waals surface area contributed by atoms with Crippen molar-refractivity contribution in [1.29, 1.82) is 0 Å². The van der Waals surface area contributed by atoms with Gasteiger partial charge in [0.15, 0.2) is 5.65 Å². The van der Waals surface area contributed by atoms with Gasteiger partial charge in [-0.1, -0.05) is 49.4 Å². The van der Waals surface area contributed by atoms with Crippen molar-refractivity contribution in [3.63, 3.8) is 0 Å². The summed E-state index contributed by atoms with van der Waals surface area (Å²) < 4.78 is 16.4. The Balaban J connectivity index is 1.82. The monoisotopic (exact) mass is 561 g/mol. The highest BCUT2D eigenvalue weighted by molar-refractivity contribution is 6.34. The molecule has 40 heavy (non-hydrogen) atoms. The molecule has 1 aliphatic heterocycles. The van der Waals surface area contributed by atoms with Crippen LogP contribution < -0.4 is 10.6 Å². The number of fused-ring (bicyclic) bond motifs is 1. The van der Waals surface area contributed by atoms with Crippen LogP contribution in [0.25, 0.3) is 28.0 Å². The number of aromatic hydroxyl groups is 1. The van der Waals surface area contributed by atoms with Crippen LogP contribution >= 0.6 is 11.6 Å². The number of carbonyl (C=O) groups is 1. The number of phenolic OH excluding ortho intramolecular Hbond substituents is 1. The Labute approximate surface area is 236 Å². The van der Waals surface area contributed by atoms with Crippen molar-refractivity contribution < 1.29 is 14.3 Å². The molecule has 2 aromatic carbocycles. The first kappa shape index (κ1) is 27.3. The zero-order chi connectivity index (χ0) is 28.7. The van der Waals surface area contributed by atoms with E-state index in [0.29, 0.717) is 42.9 Å². The second-order valence-electron chi connectivity index (χ2n) is 9.84. The summed E-state index contributed by atoms with van der Waals surface area (Å²) in [6.07, 6.45) is 1.94. The van der Waals surface area contributed by atoms with E-state index in [9.17, 15) is 19.1 Å². The van der Waals surface area contributed by atoms with E-state index < -0.39 is 11.5 Å². The zero-order valence-corrected chi connectivity index (χ0v) is 23.2. The van der Waals surface area contributed by atoms with Gasteiger partial charge in [0.2, 0.25) is 5.91 Å². The Morgan fingerprint density at radius 1 is 1.23 bits per heavy atom. The standard InChI is InChI=1S/C30H29ClFN5O3/c1-5-19-10-7-9-17(3)27(19)37-29-20(15-21(31)26(33-29)25-22(32)11-8-12-23(25)38)28(34-30(37)40)36-14-13-35(16-18(36)4)24(39)6-2/h6-12,15,18,38H,2,5,13-14,16H2,1,3-4H3/t18-/m0/s1. The Morgan fingerprint density at radius 3 is 2.65 bits per heavy atom. The van der Waals surface area contributed by atoms with Gasteiger partial charge < -0.3 is 14.9 Å². The minimum atomic E-state index is -0.696. The number of rotatable bonds is 5. The van der Waals surface area contributed by atoms with Crippen molar-refractivity contribution in [3.8, 4) is 22.7 Å². The minimum Gasteiger partial charge on any atom is -0.507 e. The molecule has 1 saturated heterocycles. The summed E-state index contributed by atoms with van der Waals surface area (Å²) in [7, 11) is 0. The van der Waals surface area contributed by atoms with Crippen LogP contribution in [-0.4, -0.2) is 56.1 Å². The van der Waals surface area contributed by atoms with E-state index in [1.807, 2.05) is 43.9 Å². The molecule has 1 N–H and O–H groups in total. The van der Waals surface area contributed by atoms with E-state index in [1.165, 1.54) is 28.8 Å². The lowest BCUT2D eigenvalue weighted by Crippen LogP contribution is -2.54. The molecular weight excluding hydrogens is 533 g/mol. The number of benzene rings is 2. The average Bonchev–Trinajstić information content (AvgIpc) is 2.93.